The summed E-state index contributed by atoms with van der Waals surface area (Å²) < 4.78 is 30.4. The monoisotopic (exact) mass is 267 g/mol. The lowest BCUT2D eigenvalue weighted by molar-refractivity contribution is -0.141. The fourth-order valence-corrected chi connectivity index (χ4v) is 3.15. The average molecular weight is 267 g/mol. The molecule has 3 atom stereocenters. The van der Waals surface area contributed by atoms with Gasteiger partial charge in [-0.25, -0.2) is 8.42 Å². The predicted molar refractivity (Wildman–Crippen MR) is 59.0 cm³/mol. The molecule has 0 aromatic heterocycles. The quantitative estimate of drug-likeness (QED) is 0.564. The summed E-state index contributed by atoms with van der Waals surface area (Å²) in [4.78, 5) is 10.7. The molecule has 7 nitrogen and oxygen atoms in total. The second-order valence-corrected chi connectivity index (χ2v) is 5.89. The number of sulfonamides is 1. The summed E-state index contributed by atoms with van der Waals surface area (Å²) in [6, 6.07) is -1.53. The van der Waals surface area contributed by atoms with Crippen LogP contribution in [0.1, 0.15) is 19.8 Å². The summed E-state index contributed by atoms with van der Waals surface area (Å²) >= 11 is 0. The minimum atomic E-state index is -3.77. The number of carbonyl (C=O) groups is 1. The molecule has 1 aliphatic rings. The van der Waals surface area contributed by atoms with Crippen molar-refractivity contribution >= 4 is 16.0 Å². The summed E-state index contributed by atoms with van der Waals surface area (Å²) in [7, 11) is -3.77. The molecule has 0 saturated carbocycles. The van der Waals surface area contributed by atoms with Gasteiger partial charge in [0.1, 0.15) is 6.04 Å². The van der Waals surface area contributed by atoms with Gasteiger partial charge in [-0.1, -0.05) is 0 Å². The molecule has 0 aliphatic carbocycles. The molecule has 1 heterocycles. The molecular weight excluding hydrogens is 250 g/mol. The van der Waals surface area contributed by atoms with Gasteiger partial charge in [0.2, 0.25) is 10.0 Å². The topological polar surface area (TPSA) is 113 Å². The van der Waals surface area contributed by atoms with Crippen molar-refractivity contribution in [2.75, 3.05) is 12.4 Å². The number of nitrogens with one attached hydrogen (secondary N) is 1. The van der Waals surface area contributed by atoms with Crippen molar-refractivity contribution in [2.24, 2.45) is 0 Å². The Morgan fingerprint density at radius 1 is 1.59 bits per heavy atom. The molecule has 8 heteroatoms. The molecule has 100 valence electrons. The molecule has 0 aromatic rings. The lowest BCUT2D eigenvalue weighted by Crippen LogP contribution is -2.49. The molecular formula is C9H17NO6S. The van der Waals surface area contributed by atoms with Crippen LogP contribution in [0.15, 0.2) is 0 Å². The standard InChI is InChI=1S/C9H17NO6S/c1-6(11)8(9(12)13)10-17(14,15)5-7-3-2-4-16-7/h6-8,10-11H,2-5H2,1H3,(H,12,13)/t6-,7?,8+/m1/s1. The molecule has 1 rings (SSSR count). The maximum Gasteiger partial charge on any atom is 0.324 e. The van der Waals surface area contributed by atoms with E-state index in [-0.39, 0.29) is 5.75 Å². The molecule has 1 unspecified atom stereocenters. The Labute approximate surface area is 99.8 Å². The lowest BCUT2D eigenvalue weighted by Gasteiger charge is -2.18. The fraction of sp³-hybridized carbons (Fsp3) is 0.889. The summed E-state index contributed by atoms with van der Waals surface area (Å²) in [6.45, 7) is 1.74. The van der Waals surface area contributed by atoms with E-state index in [1.165, 1.54) is 6.92 Å². The molecule has 0 radical (unpaired) electrons. The van der Waals surface area contributed by atoms with E-state index >= 15 is 0 Å². The highest BCUT2D eigenvalue weighted by Crippen LogP contribution is 2.13. The van der Waals surface area contributed by atoms with Crippen molar-refractivity contribution in [3.63, 3.8) is 0 Å². The largest absolute Gasteiger partial charge is 0.480 e. The molecule has 0 spiro atoms. The SMILES string of the molecule is C[C@@H](O)[C@H](NS(=O)(=O)CC1CCCO1)C(=O)O. The van der Waals surface area contributed by atoms with Crippen LogP contribution in [0.4, 0.5) is 0 Å². The normalized spacial score (nSPS) is 24.5. The Morgan fingerprint density at radius 2 is 2.24 bits per heavy atom. The molecule has 1 aliphatic heterocycles. The van der Waals surface area contributed by atoms with Gasteiger partial charge in [0.15, 0.2) is 0 Å². The molecule has 17 heavy (non-hydrogen) atoms. The van der Waals surface area contributed by atoms with Crippen molar-refractivity contribution in [1.29, 1.82) is 0 Å². The number of hydrogen-bond donors (Lipinski definition) is 3. The van der Waals surface area contributed by atoms with Crippen LogP contribution in [0.5, 0.6) is 0 Å². The first kappa shape index (κ1) is 14.4. The number of aliphatic hydroxyl groups is 1. The number of rotatable bonds is 6. The zero-order chi connectivity index (χ0) is 13.1. The van der Waals surface area contributed by atoms with Crippen LogP contribution in [-0.4, -0.2) is 55.2 Å². The molecule has 0 amide bonds. The van der Waals surface area contributed by atoms with Gasteiger partial charge in [0.05, 0.1) is 18.0 Å². The van der Waals surface area contributed by atoms with E-state index in [0.717, 1.165) is 6.42 Å². The number of aliphatic carboxylic acids is 1. The zero-order valence-electron chi connectivity index (χ0n) is 9.50. The van der Waals surface area contributed by atoms with Gasteiger partial charge in [-0.15, -0.1) is 0 Å². The molecule has 3 N–H and O–H groups in total. The van der Waals surface area contributed by atoms with Crippen molar-refractivity contribution in [1.82, 2.24) is 4.72 Å². The van der Waals surface area contributed by atoms with E-state index < -0.39 is 34.2 Å². The molecule has 1 fully saturated rings. The van der Waals surface area contributed by atoms with Gasteiger partial charge in [-0.05, 0) is 19.8 Å². The Morgan fingerprint density at radius 3 is 2.65 bits per heavy atom. The number of ether oxygens (including phenoxy) is 1. The van der Waals surface area contributed by atoms with Crippen LogP contribution in [0.25, 0.3) is 0 Å². The van der Waals surface area contributed by atoms with Crippen molar-refractivity contribution in [3.05, 3.63) is 0 Å². The number of carboxylic acid groups (broad SMARTS) is 1. The fourth-order valence-electron chi connectivity index (χ4n) is 1.62. The van der Waals surface area contributed by atoms with Gasteiger partial charge >= 0.3 is 5.97 Å². The minimum Gasteiger partial charge on any atom is -0.480 e. The number of hydrogen-bond acceptors (Lipinski definition) is 5. The summed E-state index contributed by atoms with van der Waals surface area (Å²) in [5.41, 5.74) is 0. The maximum absolute atomic E-state index is 11.6. The van der Waals surface area contributed by atoms with Gasteiger partial charge in [0.25, 0.3) is 0 Å². The second kappa shape index (κ2) is 5.76. The zero-order valence-corrected chi connectivity index (χ0v) is 10.3. The van der Waals surface area contributed by atoms with E-state index in [4.69, 9.17) is 14.9 Å². The highest BCUT2D eigenvalue weighted by molar-refractivity contribution is 7.89. The summed E-state index contributed by atoms with van der Waals surface area (Å²) in [6.07, 6.45) is -0.241. The minimum absolute atomic E-state index is 0.274. The van der Waals surface area contributed by atoms with Gasteiger partial charge in [-0.3, -0.25) is 4.79 Å². The first-order valence-corrected chi connectivity index (χ1v) is 6.99. The third-order valence-electron chi connectivity index (χ3n) is 2.48. The molecule has 0 aromatic carbocycles. The van der Waals surface area contributed by atoms with Crippen molar-refractivity contribution in [2.45, 2.75) is 38.0 Å². The highest BCUT2D eigenvalue weighted by Gasteiger charge is 2.30. The Balaban J connectivity index is 2.60. The Hall–Kier alpha value is -0.700. The predicted octanol–water partition coefficient (Wildman–Crippen LogP) is -1.08. The van der Waals surface area contributed by atoms with Crippen LogP contribution in [-0.2, 0) is 19.6 Å². The van der Waals surface area contributed by atoms with E-state index in [1.807, 2.05) is 4.72 Å². The van der Waals surface area contributed by atoms with Crippen molar-refractivity contribution in [3.8, 4) is 0 Å². The molecule has 0 bridgehead atoms. The van der Waals surface area contributed by atoms with Gasteiger partial charge in [0, 0.05) is 6.61 Å². The van der Waals surface area contributed by atoms with Gasteiger partial charge in [-0.2, -0.15) is 4.72 Å². The highest BCUT2D eigenvalue weighted by atomic mass is 32.2. The van der Waals surface area contributed by atoms with E-state index in [2.05, 4.69) is 0 Å². The number of carboxylic acids is 1. The lowest BCUT2D eigenvalue weighted by atomic mass is 10.2. The van der Waals surface area contributed by atoms with E-state index in [1.54, 1.807) is 0 Å². The first-order valence-electron chi connectivity index (χ1n) is 5.34. The van der Waals surface area contributed by atoms with Crippen LogP contribution >= 0.6 is 0 Å². The smallest absolute Gasteiger partial charge is 0.324 e. The van der Waals surface area contributed by atoms with Crippen LogP contribution in [0.2, 0.25) is 0 Å². The van der Waals surface area contributed by atoms with Gasteiger partial charge < -0.3 is 14.9 Å². The maximum atomic E-state index is 11.6. The Kier molecular flexibility index (Phi) is 4.87. The third-order valence-corrected chi connectivity index (χ3v) is 3.91. The Bertz CT molecular complexity index is 360. The van der Waals surface area contributed by atoms with Crippen LogP contribution in [0, 0.1) is 0 Å². The summed E-state index contributed by atoms with van der Waals surface area (Å²) in [5, 5.41) is 17.9. The van der Waals surface area contributed by atoms with E-state index in [0.29, 0.717) is 13.0 Å². The summed E-state index contributed by atoms with van der Waals surface area (Å²) in [5.74, 6) is -1.68. The first-order chi connectivity index (χ1) is 7.82. The van der Waals surface area contributed by atoms with Crippen LogP contribution < -0.4 is 4.72 Å². The van der Waals surface area contributed by atoms with Crippen LogP contribution in [0.3, 0.4) is 0 Å². The van der Waals surface area contributed by atoms with Crippen molar-refractivity contribution < 1.29 is 28.2 Å². The molecule has 1 saturated heterocycles. The second-order valence-electron chi connectivity index (χ2n) is 4.09. The number of aliphatic hydroxyl groups excluding tert-OH is 1. The third kappa shape index (κ3) is 4.58. The average Bonchev–Trinajstić information content (AvgIpc) is 2.65. The van der Waals surface area contributed by atoms with E-state index in [9.17, 15) is 13.2 Å².